The molecule has 0 aliphatic rings. The van der Waals surface area contributed by atoms with Crippen LogP contribution in [0.4, 0.5) is 5.69 Å². The van der Waals surface area contributed by atoms with Crippen molar-refractivity contribution >= 4 is 34.4 Å². The molecule has 164 valence electrons. The summed E-state index contributed by atoms with van der Waals surface area (Å²) in [6.07, 6.45) is 1.65. The summed E-state index contributed by atoms with van der Waals surface area (Å²) >= 11 is 0. The van der Waals surface area contributed by atoms with E-state index in [0.717, 1.165) is 22.1 Å². The molecule has 0 bridgehead atoms. The molecule has 0 unspecified atom stereocenters. The molecule has 0 aliphatic carbocycles. The summed E-state index contributed by atoms with van der Waals surface area (Å²) in [6.45, 7) is 2.49. The van der Waals surface area contributed by atoms with Gasteiger partial charge in [-0.1, -0.05) is 66.7 Å². The normalized spacial score (nSPS) is 11.1. The van der Waals surface area contributed by atoms with Crippen LogP contribution in [0.2, 0.25) is 0 Å². The van der Waals surface area contributed by atoms with Crippen LogP contribution in [0, 0.1) is 0 Å². The Morgan fingerprint density at radius 3 is 2.27 bits per heavy atom. The van der Waals surface area contributed by atoms with Crippen molar-refractivity contribution in [2.45, 2.75) is 6.92 Å². The first kappa shape index (κ1) is 21.8. The molecule has 5 heteroatoms. The minimum atomic E-state index is -0.412. The lowest BCUT2D eigenvalue weighted by molar-refractivity contribution is -0.113. The van der Waals surface area contributed by atoms with Crippen molar-refractivity contribution in [2.75, 3.05) is 11.9 Å². The summed E-state index contributed by atoms with van der Waals surface area (Å²) in [5, 5.41) is 7.65. The Morgan fingerprint density at radius 2 is 1.52 bits per heavy atom. The van der Waals surface area contributed by atoms with E-state index in [2.05, 4.69) is 10.6 Å². The summed E-state index contributed by atoms with van der Waals surface area (Å²) in [4.78, 5) is 26.1. The van der Waals surface area contributed by atoms with E-state index in [9.17, 15) is 9.59 Å². The molecule has 33 heavy (non-hydrogen) atoms. The molecule has 2 N–H and O–H groups in total. The third kappa shape index (κ3) is 5.46. The number of hydrogen-bond donors (Lipinski definition) is 2. The molecule has 4 aromatic rings. The van der Waals surface area contributed by atoms with Gasteiger partial charge in [0.2, 0.25) is 0 Å². The molecule has 0 saturated carbocycles. The zero-order valence-corrected chi connectivity index (χ0v) is 18.2. The largest absolute Gasteiger partial charge is 0.494 e. The van der Waals surface area contributed by atoms with Crippen molar-refractivity contribution in [1.29, 1.82) is 0 Å². The number of ether oxygens (including phenoxy) is 1. The lowest BCUT2D eigenvalue weighted by Crippen LogP contribution is -2.30. The molecule has 0 aromatic heterocycles. The Balaban J connectivity index is 1.65. The SMILES string of the molecule is CCOc1ccc(C=C(NC(=O)c2ccccc2)C(=O)Nc2cccc3ccccc23)cc1. The molecule has 5 nitrogen and oxygen atoms in total. The summed E-state index contributed by atoms with van der Waals surface area (Å²) in [5.74, 6) is -0.0323. The van der Waals surface area contributed by atoms with E-state index in [1.165, 1.54) is 0 Å². The minimum Gasteiger partial charge on any atom is -0.494 e. The van der Waals surface area contributed by atoms with Crippen LogP contribution in [-0.4, -0.2) is 18.4 Å². The van der Waals surface area contributed by atoms with Gasteiger partial charge in [0.1, 0.15) is 11.4 Å². The molecule has 2 amide bonds. The molecular weight excluding hydrogens is 412 g/mol. The summed E-state index contributed by atoms with van der Waals surface area (Å²) < 4.78 is 5.49. The number of nitrogens with one attached hydrogen (secondary N) is 2. The number of carbonyl (C=O) groups is 2. The summed E-state index contributed by atoms with van der Waals surface area (Å²) in [5.41, 5.74) is 2.04. The first-order chi connectivity index (χ1) is 16.1. The quantitative estimate of drug-likeness (QED) is 0.368. The first-order valence-electron chi connectivity index (χ1n) is 10.7. The lowest BCUT2D eigenvalue weighted by Gasteiger charge is -2.13. The van der Waals surface area contributed by atoms with Crippen LogP contribution in [0.25, 0.3) is 16.8 Å². The number of amides is 2. The van der Waals surface area contributed by atoms with E-state index < -0.39 is 5.91 Å². The molecule has 4 aromatic carbocycles. The smallest absolute Gasteiger partial charge is 0.272 e. The Kier molecular flexibility index (Phi) is 6.81. The van der Waals surface area contributed by atoms with Gasteiger partial charge < -0.3 is 15.4 Å². The Bertz CT molecular complexity index is 1290. The van der Waals surface area contributed by atoms with Crippen molar-refractivity contribution < 1.29 is 14.3 Å². The van der Waals surface area contributed by atoms with Gasteiger partial charge in [0, 0.05) is 16.6 Å². The van der Waals surface area contributed by atoms with E-state index in [1.807, 2.05) is 79.7 Å². The second-order valence-corrected chi connectivity index (χ2v) is 7.36. The van der Waals surface area contributed by atoms with Gasteiger partial charge >= 0.3 is 0 Å². The van der Waals surface area contributed by atoms with Crippen molar-refractivity contribution in [3.05, 3.63) is 114 Å². The number of fused-ring (bicyclic) bond motifs is 1. The van der Waals surface area contributed by atoms with Crippen LogP contribution < -0.4 is 15.4 Å². The third-order valence-electron chi connectivity index (χ3n) is 5.07. The highest BCUT2D eigenvalue weighted by Gasteiger charge is 2.16. The fourth-order valence-corrected chi connectivity index (χ4v) is 3.46. The Labute approximate surface area is 192 Å². The number of hydrogen-bond acceptors (Lipinski definition) is 3. The van der Waals surface area contributed by atoms with Gasteiger partial charge in [-0.05, 0) is 54.3 Å². The molecule has 0 fully saturated rings. The van der Waals surface area contributed by atoms with E-state index in [4.69, 9.17) is 4.74 Å². The third-order valence-corrected chi connectivity index (χ3v) is 5.07. The van der Waals surface area contributed by atoms with Crippen molar-refractivity contribution in [1.82, 2.24) is 5.32 Å². The fourth-order valence-electron chi connectivity index (χ4n) is 3.46. The summed E-state index contributed by atoms with van der Waals surface area (Å²) in [6, 6.07) is 29.6. The second-order valence-electron chi connectivity index (χ2n) is 7.36. The van der Waals surface area contributed by atoms with Crippen LogP contribution in [0.1, 0.15) is 22.8 Å². The van der Waals surface area contributed by atoms with Gasteiger partial charge in [0.15, 0.2) is 0 Å². The second kappa shape index (κ2) is 10.3. The van der Waals surface area contributed by atoms with Gasteiger partial charge in [0.05, 0.1) is 6.61 Å². The van der Waals surface area contributed by atoms with Gasteiger partial charge in [-0.25, -0.2) is 0 Å². The average Bonchev–Trinajstić information content (AvgIpc) is 2.85. The van der Waals surface area contributed by atoms with Crippen LogP contribution in [0.15, 0.2) is 103 Å². The van der Waals surface area contributed by atoms with E-state index in [1.54, 1.807) is 30.3 Å². The standard InChI is InChI=1S/C28H24N2O3/c1-2-33-23-17-15-20(16-18-23)19-26(30-27(31)22-10-4-3-5-11-22)28(32)29-25-14-8-12-21-9-6-7-13-24(21)25/h3-19H,2H2,1H3,(H,29,32)(H,30,31). The molecular formula is C28H24N2O3. The Morgan fingerprint density at radius 1 is 0.818 bits per heavy atom. The number of rotatable bonds is 7. The van der Waals surface area contributed by atoms with Gasteiger partial charge in [-0.15, -0.1) is 0 Å². The maximum absolute atomic E-state index is 13.3. The molecule has 0 heterocycles. The number of anilines is 1. The monoisotopic (exact) mass is 436 g/mol. The van der Waals surface area contributed by atoms with Gasteiger partial charge in [-0.2, -0.15) is 0 Å². The lowest BCUT2D eigenvalue weighted by atomic mass is 10.1. The molecule has 0 spiro atoms. The zero-order chi connectivity index (χ0) is 23.0. The minimum absolute atomic E-state index is 0.140. The highest BCUT2D eigenvalue weighted by Crippen LogP contribution is 2.23. The molecule has 0 radical (unpaired) electrons. The highest BCUT2D eigenvalue weighted by molar-refractivity contribution is 6.13. The molecule has 4 rings (SSSR count). The van der Waals surface area contributed by atoms with Crippen LogP contribution in [0.5, 0.6) is 5.75 Å². The van der Waals surface area contributed by atoms with Crippen LogP contribution in [-0.2, 0) is 4.79 Å². The fraction of sp³-hybridized carbons (Fsp3) is 0.0714. The predicted octanol–water partition coefficient (Wildman–Crippen LogP) is 5.65. The number of benzene rings is 4. The predicted molar refractivity (Wildman–Crippen MR) is 132 cm³/mol. The van der Waals surface area contributed by atoms with Crippen LogP contribution >= 0.6 is 0 Å². The first-order valence-corrected chi connectivity index (χ1v) is 10.7. The van der Waals surface area contributed by atoms with Crippen molar-refractivity contribution in [3.63, 3.8) is 0 Å². The maximum atomic E-state index is 13.3. The van der Waals surface area contributed by atoms with Gasteiger partial charge in [-0.3, -0.25) is 9.59 Å². The number of carbonyl (C=O) groups excluding carboxylic acids is 2. The van der Waals surface area contributed by atoms with E-state index >= 15 is 0 Å². The molecule has 0 atom stereocenters. The van der Waals surface area contributed by atoms with Gasteiger partial charge in [0.25, 0.3) is 11.8 Å². The topological polar surface area (TPSA) is 67.4 Å². The van der Waals surface area contributed by atoms with Crippen LogP contribution in [0.3, 0.4) is 0 Å². The molecule has 0 aliphatic heterocycles. The molecule has 0 saturated heterocycles. The highest BCUT2D eigenvalue weighted by atomic mass is 16.5. The Hall–Kier alpha value is -4.38. The summed E-state index contributed by atoms with van der Waals surface area (Å²) in [7, 11) is 0. The van der Waals surface area contributed by atoms with E-state index in [-0.39, 0.29) is 11.6 Å². The van der Waals surface area contributed by atoms with Crippen molar-refractivity contribution in [3.8, 4) is 5.75 Å². The maximum Gasteiger partial charge on any atom is 0.272 e. The zero-order valence-electron chi connectivity index (χ0n) is 18.2. The van der Waals surface area contributed by atoms with E-state index in [0.29, 0.717) is 17.9 Å². The van der Waals surface area contributed by atoms with Crippen molar-refractivity contribution in [2.24, 2.45) is 0 Å². The average molecular weight is 437 g/mol.